The topological polar surface area (TPSA) is 4.93 Å². The van der Waals surface area contributed by atoms with Crippen LogP contribution in [0.3, 0.4) is 0 Å². The van der Waals surface area contributed by atoms with E-state index in [4.69, 9.17) is 0 Å². The summed E-state index contributed by atoms with van der Waals surface area (Å²) in [5, 5.41) is 2.67. The Labute approximate surface area is 124 Å². The van der Waals surface area contributed by atoms with E-state index < -0.39 is 0 Å². The van der Waals surface area contributed by atoms with Crippen LogP contribution in [0.5, 0.6) is 0 Å². The monoisotopic (exact) mass is 271 g/mol. The number of fused-ring (bicyclic) bond motifs is 3. The van der Waals surface area contributed by atoms with Gasteiger partial charge in [0.05, 0.1) is 0 Å². The maximum Gasteiger partial charge on any atom is 0.0491 e. The molecule has 102 valence electrons. The fourth-order valence-electron chi connectivity index (χ4n) is 3.15. The van der Waals surface area contributed by atoms with Crippen molar-refractivity contribution < 1.29 is 0 Å². The first kappa shape index (κ1) is 12.2. The van der Waals surface area contributed by atoms with Crippen LogP contribution in [-0.2, 0) is 13.5 Å². The Morgan fingerprint density at radius 2 is 1.38 bits per heavy atom. The van der Waals surface area contributed by atoms with Crippen LogP contribution in [0.4, 0.5) is 0 Å². The van der Waals surface area contributed by atoms with Crippen molar-refractivity contribution in [3.05, 3.63) is 83.9 Å². The molecule has 1 heteroatoms. The molecule has 1 heterocycles. The Kier molecular flexibility index (Phi) is 2.78. The summed E-state index contributed by atoms with van der Waals surface area (Å²) >= 11 is 0. The minimum absolute atomic E-state index is 0.984. The predicted molar refractivity (Wildman–Crippen MR) is 89.7 cm³/mol. The highest BCUT2D eigenvalue weighted by Gasteiger charge is 2.08. The van der Waals surface area contributed by atoms with Crippen molar-refractivity contribution in [2.24, 2.45) is 7.05 Å². The number of nitrogens with zero attached hydrogens (tertiary/aromatic N) is 1. The second-order valence-corrected chi connectivity index (χ2v) is 5.59. The molecule has 0 saturated heterocycles. The molecule has 1 nitrogen and oxygen atoms in total. The highest BCUT2D eigenvalue weighted by atomic mass is 14.9. The van der Waals surface area contributed by atoms with Crippen molar-refractivity contribution in [1.29, 1.82) is 0 Å². The Bertz CT molecular complexity index is 917. The average molecular weight is 271 g/mol. The van der Waals surface area contributed by atoms with Gasteiger partial charge in [-0.3, -0.25) is 0 Å². The molecule has 0 fully saturated rings. The molecule has 3 aromatic carbocycles. The van der Waals surface area contributed by atoms with Gasteiger partial charge >= 0.3 is 0 Å². The molecular weight excluding hydrogens is 254 g/mol. The van der Waals surface area contributed by atoms with Gasteiger partial charge in [0.25, 0.3) is 0 Å². The number of rotatable bonds is 2. The van der Waals surface area contributed by atoms with Crippen LogP contribution >= 0.6 is 0 Å². The third-order valence-corrected chi connectivity index (χ3v) is 4.23. The lowest BCUT2D eigenvalue weighted by atomic mass is 10.0. The maximum atomic E-state index is 2.32. The van der Waals surface area contributed by atoms with E-state index in [0.29, 0.717) is 0 Å². The van der Waals surface area contributed by atoms with Gasteiger partial charge in [0.15, 0.2) is 0 Å². The summed E-state index contributed by atoms with van der Waals surface area (Å²) in [5.41, 5.74) is 5.32. The Hall–Kier alpha value is -2.54. The highest BCUT2D eigenvalue weighted by Crippen LogP contribution is 2.29. The summed E-state index contributed by atoms with van der Waals surface area (Å²) in [5.74, 6) is 0. The molecule has 0 spiro atoms. The molecule has 0 aliphatic heterocycles. The van der Waals surface area contributed by atoms with Crippen molar-refractivity contribution >= 4 is 21.8 Å². The van der Waals surface area contributed by atoms with Gasteiger partial charge in [-0.2, -0.15) is 0 Å². The van der Waals surface area contributed by atoms with Crippen molar-refractivity contribution in [2.75, 3.05) is 0 Å². The zero-order valence-corrected chi connectivity index (χ0v) is 12.1. The lowest BCUT2D eigenvalue weighted by Gasteiger charge is -2.04. The summed E-state index contributed by atoms with van der Waals surface area (Å²) < 4.78 is 2.29. The first-order chi connectivity index (χ1) is 10.3. The van der Waals surface area contributed by atoms with Gasteiger partial charge < -0.3 is 4.57 Å². The van der Waals surface area contributed by atoms with Gasteiger partial charge in [-0.05, 0) is 29.7 Å². The lowest BCUT2D eigenvalue weighted by Crippen LogP contribution is -1.90. The van der Waals surface area contributed by atoms with Gasteiger partial charge in [0, 0.05) is 28.9 Å². The first-order valence-electron chi connectivity index (χ1n) is 7.33. The van der Waals surface area contributed by atoms with Crippen LogP contribution in [0.1, 0.15) is 11.1 Å². The van der Waals surface area contributed by atoms with Gasteiger partial charge in [-0.1, -0.05) is 60.7 Å². The van der Waals surface area contributed by atoms with Crippen LogP contribution in [0, 0.1) is 0 Å². The zero-order valence-electron chi connectivity index (χ0n) is 12.1. The summed E-state index contributed by atoms with van der Waals surface area (Å²) in [6, 6.07) is 26.1. The third kappa shape index (κ3) is 2.02. The van der Waals surface area contributed by atoms with Gasteiger partial charge in [-0.15, -0.1) is 0 Å². The maximum absolute atomic E-state index is 2.32. The minimum Gasteiger partial charge on any atom is -0.344 e. The Morgan fingerprint density at radius 1 is 0.667 bits per heavy atom. The quantitative estimate of drug-likeness (QED) is 0.487. The van der Waals surface area contributed by atoms with Crippen molar-refractivity contribution in [3.63, 3.8) is 0 Å². The van der Waals surface area contributed by atoms with Gasteiger partial charge in [-0.25, -0.2) is 0 Å². The normalized spacial score (nSPS) is 11.3. The molecule has 0 N–H and O–H groups in total. The molecule has 0 saturated carbocycles. The second-order valence-electron chi connectivity index (χ2n) is 5.59. The van der Waals surface area contributed by atoms with Crippen molar-refractivity contribution in [2.45, 2.75) is 6.42 Å². The summed E-state index contributed by atoms with van der Waals surface area (Å²) in [6.45, 7) is 0. The molecular formula is C20H17N. The van der Waals surface area contributed by atoms with Crippen LogP contribution in [0.25, 0.3) is 21.8 Å². The van der Waals surface area contributed by atoms with E-state index in [2.05, 4.69) is 84.4 Å². The molecule has 0 atom stereocenters. The molecule has 0 bridgehead atoms. The standard InChI is InChI=1S/C20H17N/c1-21-19-10-6-5-9-17(19)18-12-11-16(14-20(18)21)13-15-7-3-2-4-8-15/h2-12,14H,13H2,1H3. The van der Waals surface area contributed by atoms with E-state index in [0.717, 1.165) is 6.42 Å². The SMILES string of the molecule is Cn1c2ccccc2c2ccc(Cc3ccccc3)cc21. The molecule has 21 heavy (non-hydrogen) atoms. The van der Waals surface area contributed by atoms with Crippen LogP contribution < -0.4 is 0 Å². The van der Waals surface area contributed by atoms with Crippen molar-refractivity contribution in [3.8, 4) is 0 Å². The number of para-hydroxylation sites is 1. The van der Waals surface area contributed by atoms with Crippen LogP contribution in [-0.4, -0.2) is 4.57 Å². The van der Waals surface area contributed by atoms with E-state index in [9.17, 15) is 0 Å². The van der Waals surface area contributed by atoms with E-state index in [1.165, 1.54) is 32.9 Å². The number of benzene rings is 3. The van der Waals surface area contributed by atoms with Crippen LogP contribution in [0.2, 0.25) is 0 Å². The van der Waals surface area contributed by atoms with Crippen molar-refractivity contribution in [1.82, 2.24) is 4.57 Å². The molecule has 0 radical (unpaired) electrons. The highest BCUT2D eigenvalue weighted by molar-refractivity contribution is 6.08. The number of aromatic nitrogens is 1. The third-order valence-electron chi connectivity index (χ3n) is 4.23. The average Bonchev–Trinajstić information content (AvgIpc) is 2.82. The molecule has 0 unspecified atom stereocenters. The van der Waals surface area contributed by atoms with Crippen LogP contribution in [0.15, 0.2) is 72.8 Å². The van der Waals surface area contributed by atoms with E-state index in [1.54, 1.807) is 0 Å². The molecule has 0 amide bonds. The minimum atomic E-state index is 0.984. The summed E-state index contributed by atoms with van der Waals surface area (Å²) in [4.78, 5) is 0. The first-order valence-corrected chi connectivity index (χ1v) is 7.33. The zero-order chi connectivity index (χ0) is 14.2. The van der Waals surface area contributed by atoms with Gasteiger partial charge in [0.2, 0.25) is 0 Å². The molecule has 0 aliphatic rings. The Morgan fingerprint density at radius 3 is 2.24 bits per heavy atom. The predicted octanol–water partition coefficient (Wildman–Crippen LogP) is 4.92. The second kappa shape index (κ2) is 4.78. The number of aryl methyl sites for hydroxylation is 1. The lowest BCUT2D eigenvalue weighted by molar-refractivity contribution is 1.01. The Balaban J connectivity index is 1.86. The molecule has 0 aliphatic carbocycles. The molecule has 4 rings (SSSR count). The fourth-order valence-corrected chi connectivity index (χ4v) is 3.15. The van der Waals surface area contributed by atoms with E-state index in [1.807, 2.05) is 0 Å². The number of hydrogen-bond donors (Lipinski definition) is 0. The van der Waals surface area contributed by atoms with Gasteiger partial charge in [0.1, 0.15) is 0 Å². The molecule has 1 aromatic heterocycles. The molecule has 4 aromatic rings. The summed E-state index contributed by atoms with van der Waals surface area (Å²) in [7, 11) is 2.15. The smallest absolute Gasteiger partial charge is 0.0491 e. The summed E-state index contributed by atoms with van der Waals surface area (Å²) in [6.07, 6.45) is 0.984. The largest absolute Gasteiger partial charge is 0.344 e. The van der Waals surface area contributed by atoms with E-state index >= 15 is 0 Å². The number of hydrogen-bond acceptors (Lipinski definition) is 0. The van der Waals surface area contributed by atoms with E-state index in [-0.39, 0.29) is 0 Å². The fraction of sp³-hybridized carbons (Fsp3) is 0.100.